The van der Waals surface area contributed by atoms with E-state index >= 15 is 0 Å². The molecule has 112 valence electrons. The number of benzene rings is 1. The van der Waals surface area contributed by atoms with E-state index in [-0.39, 0.29) is 16.8 Å². The number of sulfonamides is 1. The second-order valence-electron chi connectivity index (χ2n) is 5.02. The van der Waals surface area contributed by atoms with Crippen LogP contribution in [0, 0.1) is 6.92 Å². The Labute approximate surface area is 124 Å². The quantitative estimate of drug-likeness (QED) is 0.886. The summed E-state index contributed by atoms with van der Waals surface area (Å²) >= 11 is 0. The highest BCUT2D eigenvalue weighted by atomic mass is 32.2. The summed E-state index contributed by atoms with van der Waals surface area (Å²) in [5, 5.41) is 10.9. The van der Waals surface area contributed by atoms with Crippen molar-refractivity contribution < 1.29 is 8.42 Å². The summed E-state index contributed by atoms with van der Waals surface area (Å²) < 4.78 is 26.8. The fraction of sp³-hybridized carbons (Fsp3) is 0.286. The van der Waals surface area contributed by atoms with Crippen LogP contribution in [-0.4, -0.2) is 24.7 Å². The smallest absolute Gasteiger partial charge is 0.263 e. The van der Waals surface area contributed by atoms with Crippen LogP contribution in [0.2, 0.25) is 0 Å². The minimum atomic E-state index is -3.64. The molecule has 1 heterocycles. The SMILES string of the molecule is Cc1ccc(S(=O)(=O)Nc2ccc(NC(C)C)nn2)cc1. The Morgan fingerprint density at radius 3 is 2.05 bits per heavy atom. The zero-order valence-electron chi connectivity index (χ0n) is 12.2. The van der Waals surface area contributed by atoms with E-state index in [2.05, 4.69) is 20.2 Å². The molecule has 0 radical (unpaired) electrons. The maximum absolute atomic E-state index is 12.2. The Kier molecular flexibility index (Phi) is 4.42. The van der Waals surface area contributed by atoms with E-state index in [1.807, 2.05) is 20.8 Å². The van der Waals surface area contributed by atoms with E-state index in [0.29, 0.717) is 5.82 Å². The fourth-order valence-corrected chi connectivity index (χ4v) is 2.67. The summed E-state index contributed by atoms with van der Waals surface area (Å²) in [6, 6.07) is 10.1. The average Bonchev–Trinajstić information content (AvgIpc) is 2.40. The lowest BCUT2D eigenvalue weighted by atomic mass is 10.2. The van der Waals surface area contributed by atoms with Crippen molar-refractivity contribution in [1.82, 2.24) is 10.2 Å². The highest BCUT2D eigenvalue weighted by molar-refractivity contribution is 7.92. The molecule has 0 saturated carbocycles. The summed E-state index contributed by atoms with van der Waals surface area (Å²) in [6.45, 7) is 5.86. The molecule has 0 atom stereocenters. The molecule has 2 N–H and O–H groups in total. The molecule has 2 aromatic rings. The Bertz CT molecular complexity index is 695. The van der Waals surface area contributed by atoms with Crippen molar-refractivity contribution in [3.63, 3.8) is 0 Å². The summed E-state index contributed by atoms with van der Waals surface area (Å²) in [5.74, 6) is 0.785. The molecule has 0 aliphatic rings. The predicted molar refractivity (Wildman–Crippen MR) is 82.8 cm³/mol. The van der Waals surface area contributed by atoms with Gasteiger partial charge in [0.05, 0.1) is 4.90 Å². The maximum atomic E-state index is 12.2. The highest BCUT2D eigenvalue weighted by Crippen LogP contribution is 2.15. The lowest BCUT2D eigenvalue weighted by molar-refractivity contribution is 0.601. The van der Waals surface area contributed by atoms with Gasteiger partial charge < -0.3 is 5.32 Å². The van der Waals surface area contributed by atoms with Crippen LogP contribution in [0.5, 0.6) is 0 Å². The van der Waals surface area contributed by atoms with Crippen LogP contribution in [0.15, 0.2) is 41.3 Å². The first-order valence-corrected chi connectivity index (χ1v) is 8.05. The third kappa shape index (κ3) is 4.16. The van der Waals surface area contributed by atoms with Gasteiger partial charge in [0.15, 0.2) is 5.82 Å². The number of nitrogens with one attached hydrogen (secondary N) is 2. The maximum Gasteiger partial charge on any atom is 0.263 e. The molecular formula is C14H18N4O2S. The molecule has 6 nitrogen and oxygen atoms in total. The van der Waals surface area contributed by atoms with Crippen LogP contribution in [0.25, 0.3) is 0 Å². The Morgan fingerprint density at radius 2 is 1.52 bits per heavy atom. The number of anilines is 2. The van der Waals surface area contributed by atoms with E-state index in [4.69, 9.17) is 0 Å². The van der Waals surface area contributed by atoms with E-state index in [1.165, 1.54) is 0 Å². The molecule has 0 spiro atoms. The Hall–Kier alpha value is -2.15. The topological polar surface area (TPSA) is 84.0 Å². The first kappa shape index (κ1) is 15.2. The lowest BCUT2D eigenvalue weighted by Crippen LogP contribution is -2.15. The normalized spacial score (nSPS) is 11.4. The summed E-state index contributed by atoms with van der Waals surface area (Å²) in [5.41, 5.74) is 0.998. The summed E-state index contributed by atoms with van der Waals surface area (Å²) in [4.78, 5) is 0.194. The molecule has 2 rings (SSSR count). The van der Waals surface area contributed by atoms with E-state index in [1.54, 1.807) is 36.4 Å². The van der Waals surface area contributed by atoms with Gasteiger partial charge >= 0.3 is 0 Å². The number of rotatable bonds is 5. The van der Waals surface area contributed by atoms with Gasteiger partial charge in [-0.25, -0.2) is 8.42 Å². The van der Waals surface area contributed by atoms with Crippen molar-refractivity contribution in [2.45, 2.75) is 31.7 Å². The number of hydrogen-bond donors (Lipinski definition) is 2. The minimum absolute atomic E-state index is 0.185. The third-order valence-electron chi connectivity index (χ3n) is 2.67. The van der Waals surface area contributed by atoms with Gasteiger partial charge in [-0.15, -0.1) is 10.2 Å². The van der Waals surface area contributed by atoms with Crippen LogP contribution in [0.1, 0.15) is 19.4 Å². The largest absolute Gasteiger partial charge is 0.366 e. The molecule has 0 fully saturated rings. The number of nitrogens with zero attached hydrogens (tertiary/aromatic N) is 2. The molecule has 0 unspecified atom stereocenters. The molecule has 0 aliphatic carbocycles. The van der Waals surface area contributed by atoms with Gasteiger partial charge in [0.25, 0.3) is 10.0 Å². The second-order valence-corrected chi connectivity index (χ2v) is 6.70. The third-order valence-corrected chi connectivity index (χ3v) is 4.04. The van der Waals surface area contributed by atoms with Crippen molar-refractivity contribution >= 4 is 21.7 Å². The monoisotopic (exact) mass is 306 g/mol. The summed E-state index contributed by atoms with van der Waals surface area (Å²) in [7, 11) is -3.64. The predicted octanol–water partition coefficient (Wildman–Crippen LogP) is 2.41. The Morgan fingerprint density at radius 1 is 0.952 bits per heavy atom. The zero-order chi connectivity index (χ0) is 15.5. The van der Waals surface area contributed by atoms with Crippen LogP contribution >= 0.6 is 0 Å². The number of aryl methyl sites for hydroxylation is 1. The molecular weight excluding hydrogens is 288 g/mol. The fourth-order valence-electron chi connectivity index (χ4n) is 1.67. The van der Waals surface area contributed by atoms with Crippen molar-refractivity contribution in [2.75, 3.05) is 10.0 Å². The van der Waals surface area contributed by atoms with Gasteiger partial charge in [-0.1, -0.05) is 17.7 Å². The standard InChI is InChI=1S/C14H18N4O2S/c1-10(2)15-13-8-9-14(17-16-13)18-21(19,20)12-6-4-11(3)5-7-12/h4-10H,1-3H3,(H,15,16)(H,17,18). The molecule has 7 heteroatoms. The number of hydrogen-bond acceptors (Lipinski definition) is 5. The van der Waals surface area contributed by atoms with Gasteiger partial charge in [-0.05, 0) is 45.0 Å². The van der Waals surface area contributed by atoms with Crippen molar-refractivity contribution in [3.8, 4) is 0 Å². The van der Waals surface area contributed by atoms with Crippen molar-refractivity contribution in [2.24, 2.45) is 0 Å². The van der Waals surface area contributed by atoms with Crippen LogP contribution in [0.3, 0.4) is 0 Å². The zero-order valence-corrected chi connectivity index (χ0v) is 13.0. The van der Waals surface area contributed by atoms with E-state index in [9.17, 15) is 8.42 Å². The van der Waals surface area contributed by atoms with Crippen LogP contribution in [-0.2, 0) is 10.0 Å². The molecule has 1 aromatic carbocycles. The minimum Gasteiger partial charge on any atom is -0.366 e. The van der Waals surface area contributed by atoms with Crippen LogP contribution in [0.4, 0.5) is 11.6 Å². The average molecular weight is 306 g/mol. The first-order valence-electron chi connectivity index (χ1n) is 6.56. The van der Waals surface area contributed by atoms with Gasteiger partial charge in [0, 0.05) is 6.04 Å². The second kappa shape index (κ2) is 6.09. The molecule has 21 heavy (non-hydrogen) atoms. The van der Waals surface area contributed by atoms with Crippen LogP contribution < -0.4 is 10.0 Å². The van der Waals surface area contributed by atoms with E-state index in [0.717, 1.165) is 5.56 Å². The summed E-state index contributed by atoms with van der Waals surface area (Å²) in [6.07, 6.45) is 0. The van der Waals surface area contributed by atoms with Gasteiger partial charge in [0.1, 0.15) is 5.82 Å². The van der Waals surface area contributed by atoms with E-state index < -0.39 is 10.0 Å². The highest BCUT2D eigenvalue weighted by Gasteiger charge is 2.14. The molecule has 0 saturated heterocycles. The molecule has 0 aliphatic heterocycles. The van der Waals surface area contributed by atoms with Crippen molar-refractivity contribution in [1.29, 1.82) is 0 Å². The van der Waals surface area contributed by atoms with Gasteiger partial charge in [-0.3, -0.25) is 4.72 Å². The van der Waals surface area contributed by atoms with Gasteiger partial charge in [-0.2, -0.15) is 0 Å². The lowest BCUT2D eigenvalue weighted by Gasteiger charge is -2.10. The van der Waals surface area contributed by atoms with Gasteiger partial charge in [0.2, 0.25) is 0 Å². The first-order chi connectivity index (χ1) is 9.87. The van der Waals surface area contributed by atoms with Crippen molar-refractivity contribution in [3.05, 3.63) is 42.0 Å². The molecule has 0 amide bonds. The number of aromatic nitrogens is 2. The Balaban J connectivity index is 2.15. The molecule has 0 bridgehead atoms. The molecule has 1 aromatic heterocycles.